The number of anilines is 1. The van der Waals surface area contributed by atoms with Crippen LogP contribution in [0.1, 0.15) is 30.3 Å². The summed E-state index contributed by atoms with van der Waals surface area (Å²) in [6.45, 7) is -0.596. The Balaban J connectivity index is 1.60. The molecule has 210 valence electrons. The van der Waals surface area contributed by atoms with E-state index in [2.05, 4.69) is 5.32 Å². The van der Waals surface area contributed by atoms with Crippen molar-refractivity contribution in [1.82, 2.24) is 5.32 Å². The van der Waals surface area contributed by atoms with Gasteiger partial charge < -0.3 is 9.52 Å². The molecule has 4 amide bonds. The zero-order valence-electron chi connectivity index (χ0n) is 19.7. The largest absolute Gasteiger partial charge is 0.463 e. The number of allylic oxidation sites excluding steroid dienone is 2. The molecule has 0 bridgehead atoms. The topological polar surface area (TPSA) is 117 Å². The van der Waals surface area contributed by atoms with E-state index in [4.69, 9.17) is 27.6 Å². The normalized spacial score (nSPS) is 33.1. The average Bonchev–Trinajstić information content (AvgIpc) is 3.55. The fraction of sp³-hybridized carbons (Fsp3) is 0.360. The molecule has 2 N–H and O–H groups in total. The lowest BCUT2D eigenvalue weighted by Crippen LogP contribution is -2.60. The van der Waals surface area contributed by atoms with Gasteiger partial charge in [-0.3, -0.25) is 24.5 Å². The Hall–Kier alpha value is -3.29. The number of halogens is 7. The van der Waals surface area contributed by atoms with Crippen LogP contribution < -0.4 is 10.2 Å². The summed E-state index contributed by atoms with van der Waals surface area (Å²) >= 11 is 13.7. The fourth-order valence-electron chi connectivity index (χ4n) is 6.42. The molecular formula is C25H15Cl2F5N2O6. The Morgan fingerprint density at radius 2 is 1.55 bits per heavy atom. The molecule has 1 saturated carbocycles. The number of benzene rings is 1. The van der Waals surface area contributed by atoms with Crippen molar-refractivity contribution < 1.29 is 50.7 Å². The van der Waals surface area contributed by atoms with Gasteiger partial charge in [0.1, 0.15) is 23.8 Å². The lowest BCUT2D eigenvalue weighted by molar-refractivity contribution is -0.127. The first kappa shape index (κ1) is 26.9. The summed E-state index contributed by atoms with van der Waals surface area (Å²) in [5.41, 5.74) is -1.62. The number of imide groups is 2. The third-order valence-corrected chi connectivity index (χ3v) is 9.60. The molecule has 2 aromatic rings. The highest BCUT2D eigenvalue weighted by molar-refractivity contribution is 6.58. The molecule has 2 aliphatic carbocycles. The van der Waals surface area contributed by atoms with Gasteiger partial charge in [-0.1, -0.05) is 11.6 Å². The lowest BCUT2D eigenvalue weighted by atomic mass is 9.57. The van der Waals surface area contributed by atoms with Crippen LogP contribution >= 0.6 is 23.2 Å². The second kappa shape index (κ2) is 8.60. The number of aliphatic hydroxyl groups excluding tert-OH is 1. The molecule has 2 saturated heterocycles. The van der Waals surface area contributed by atoms with Crippen LogP contribution in [0, 0.1) is 46.8 Å². The van der Waals surface area contributed by atoms with E-state index < -0.39 is 105 Å². The van der Waals surface area contributed by atoms with E-state index in [1.54, 1.807) is 0 Å². The summed E-state index contributed by atoms with van der Waals surface area (Å²) in [6.07, 6.45) is 0.936. The number of nitrogens with zero attached hydrogens (tertiary/aromatic N) is 1. The number of hydrogen-bond donors (Lipinski definition) is 2. The number of amides is 4. The van der Waals surface area contributed by atoms with Crippen LogP contribution in [0.4, 0.5) is 27.6 Å². The smallest absolute Gasteiger partial charge is 0.258 e. The van der Waals surface area contributed by atoms with Gasteiger partial charge in [0.05, 0.1) is 17.8 Å². The first-order valence-electron chi connectivity index (χ1n) is 11.8. The van der Waals surface area contributed by atoms with Crippen molar-refractivity contribution in [3.05, 3.63) is 64.4 Å². The minimum absolute atomic E-state index is 0.00553. The van der Waals surface area contributed by atoms with Crippen LogP contribution in [0.5, 0.6) is 0 Å². The summed E-state index contributed by atoms with van der Waals surface area (Å²) in [5, 5.41) is 11.7. The van der Waals surface area contributed by atoms with Crippen LogP contribution in [-0.4, -0.2) is 38.5 Å². The highest BCUT2D eigenvalue weighted by Crippen LogP contribution is 2.65. The van der Waals surface area contributed by atoms with Crippen LogP contribution in [0.25, 0.3) is 0 Å². The molecule has 1 aromatic carbocycles. The average molecular weight is 605 g/mol. The minimum Gasteiger partial charge on any atom is -0.463 e. The fourth-order valence-corrected chi connectivity index (χ4v) is 7.34. The van der Waals surface area contributed by atoms with Gasteiger partial charge in [-0.2, -0.15) is 0 Å². The van der Waals surface area contributed by atoms with Crippen molar-refractivity contribution >= 4 is 52.5 Å². The van der Waals surface area contributed by atoms with E-state index in [1.165, 1.54) is 18.2 Å². The zero-order valence-corrected chi connectivity index (χ0v) is 21.3. The van der Waals surface area contributed by atoms with Gasteiger partial charge >= 0.3 is 0 Å². The number of aliphatic hydroxyl groups is 1. The molecule has 15 heteroatoms. The van der Waals surface area contributed by atoms with Gasteiger partial charge in [0.25, 0.3) is 11.8 Å². The van der Waals surface area contributed by atoms with E-state index in [-0.39, 0.29) is 28.4 Å². The van der Waals surface area contributed by atoms with Crippen LogP contribution in [0.2, 0.25) is 0 Å². The van der Waals surface area contributed by atoms with Gasteiger partial charge in [-0.05, 0) is 30.9 Å². The number of nitrogens with one attached hydrogen (secondary N) is 1. The first-order chi connectivity index (χ1) is 18.8. The number of carbonyl (C=O) groups excluding carboxylic acids is 4. The number of furan rings is 1. The minimum atomic E-state index is -2.66. The molecule has 8 nitrogen and oxygen atoms in total. The maximum absolute atomic E-state index is 14.9. The molecule has 40 heavy (non-hydrogen) atoms. The quantitative estimate of drug-likeness (QED) is 0.139. The highest BCUT2D eigenvalue weighted by atomic mass is 35.5. The summed E-state index contributed by atoms with van der Waals surface area (Å²) < 4.78 is 77.4. The van der Waals surface area contributed by atoms with Crippen molar-refractivity contribution in [3.63, 3.8) is 0 Å². The molecule has 0 radical (unpaired) electrons. The van der Waals surface area contributed by atoms with E-state index >= 15 is 0 Å². The molecule has 0 unspecified atom stereocenters. The zero-order chi connectivity index (χ0) is 29.0. The monoisotopic (exact) mass is 604 g/mol. The van der Waals surface area contributed by atoms with Gasteiger partial charge in [0, 0.05) is 0 Å². The van der Waals surface area contributed by atoms with E-state index in [0.717, 1.165) is 0 Å². The summed E-state index contributed by atoms with van der Waals surface area (Å²) in [7, 11) is 0. The molecule has 4 aliphatic rings. The molecule has 2 aliphatic heterocycles. The van der Waals surface area contributed by atoms with Gasteiger partial charge in [-0.25, -0.2) is 26.9 Å². The molecule has 1 aromatic heterocycles. The van der Waals surface area contributed by atoms with E-state index in [1.807, 2.05) is 0 Å². The highest BCUT2D eigenvalue weighted by Gasteiger charge is 2.77. The predicted molar refractivity (Wildman–Crippen MR) is 124 cm³/mol. The van der Waals surface area contributed by atoms with Crippen molar-refractivity contribution in [3.8, 4) is 0 Å². The Morgan fingerprint density at radius 1 is 0.925 bits per heavy atom. The molecule has 6 rings (SSSR count). The second-order valence-electron chi connectivity index (χ2n) is 10.0. The van der Waals surface area contributed by atoms with Gasteiger partial charge in [0.15, 0.2) is 33.0 Å². The Bertz CT molecular complexity index is 1570. The number of fused-ring (bicyclic) bond motifs is 4. The van der Waals surface area contributed by atoms with Crippen LogP contribution in [0.15, 0.2) is 28.2 Å². The molecule has 3 heterocycles. The van der Waals surface area contributed by atoms with Crippen LogP contribution in [-0.2, 0) is 25.8 Å². The predicted octanol–water partition coefficient (Wildman–Crippen LogP) is 3.32. The molecule has 3 fully saturated rings. The Morgan fingerprint density at radius 3 is 2.15 bits per heavy atom. The first-order valence-corrected chi connectivity index (χ1v) is 12.6. The maximum atomic E-state index is 14.9. The van der Waals surface area contributed by atoms with Crippen LogP contribution in [0.3, 0.4) is 0 Å². The van der Waals surface area contributed by atoms with Crippen molar-refractivity contribution in [1.29, 1.82) is 0 Å². The third kappa shape index (κ3) is 3.10. The Kier molecular flexibility index (Phi) is 5.79. The molecular weight excluding hydrogens is 590 g/mol. The van der Waals surface area contributed by atoms with Crippen molar-refractivity contribution in [2.45, 2.75) is 35.1 Å². The van der Waals surface area contributed by atoms with Gasteiger partial charge in [-0.15, -0.1) is 23.2 Å². The maximum Gasteiger partial charge on any atom is 0.258 e. The second-order valence-corrected chi connectivity index (χ2v) is 11.2. The summed E-state index contributed by atoms with van der Waals surface area (Å²) in [4.78, 5) is 47.4. The van der Waals surface area contributed by atoms with Crippen molar-refractivity contribution in [2.24, 2.45) is 17.8 Å². The van der Waals surface area contributed by atoms with Crippen molar-refractivity contribution in [2.75, 3.05) is 4.90 Å². The standard InChI is InChI=1S/C25H15Cl2F5N2O6/c26-24-5-10-8(2-3-9-12(10)21(37)33-20(9)36)13(11-4-1-7(6-35)40-11)25(24,27)23(39)34(22(24)38)19-17(31)15(29)14(28)16(30)18(19)32/h1-2,4,9-10,12-13,35H,3,5-6H2,(H,33,36,37)/t9-,10+,12-,13+,24+,25-/m0/s1. The summed E-state index contributed by atoms with van der Waals surface area (Å²) in [6, 6.07) is 2.61. The Labute approximate surface area is 230 Å². The SMILES string of the molecule is O=C1NC(=O)[C@H]2CC=C3[C@@H](C[C@@]4(Cl)C(=O)N(c5c(F)c(F)c(F)c(F)c5F)C(=O)[C@@]4(Cl)[C@H]3c3ccc(CO)o3)[C@@H]12. The number of carbonyl (C=O) groups is 4. The van der Waals surface area contributed by atoms with E-state index in [9.17, 15) is 46.2 Å². The van der Waals surface area contributed by atoms with Gasteiger partial charge in [0.2, 0.25) is 17.6 Å². The number of hydrogen-bond acceptors (Lipinski definition) is 6. The molecule has 0 spiro atoms. The third-order valence-electron chi connectivity index (χ3n) is 8.19. The lowest BCUT2D eigenvalue weighted by Gasteiger charge is -2.49. The summed E-state index contributed by atoms with van der Waals surface area (Å²) in [5.74, 6) is -21.3. The number of alkyl halides is 2. The number of rotatable bonds is 3. The van der Waals surface area contributed by atoms with E-state index in [0.29, 0.717) is 0 Å². The molecule has 6 atom stereocenters.